The van der Waals surface area contributed by atoms with Crippen LogP contribution in [0.3, 0.4) is 0 Å². The van der Waals surface area contributed by atoms with Crippen LogP contribution in [0.2, 0.25) is 0 Å². The van der Waals surface area contributed by atoms with Crippen molar-refractivity contribution in [2.75, 3.05) is 6.61 Å². The highest BCUT2D eigenvalue weighted by molar-refractivity contribution is 5.23. The predicted molar refractivity (Wildman–Crippen MR) is 114 cm³/mol. The molecule has 2 fully saturated rings. The summed E-state index contributed by atoms with van der Waals surface area (Å²) >= 11 is 0. The number of aromatic nitrogens is 2. The monoisotopic (exact) mass is 378 g/mol. The number of hydrogen-bond donors (Lipinski definition) is 0. The van der Waals surface area contributed by atoms with Gasteiger partial charge in [-0.3, -0.25) is 9.97 Å². The average molecular weight is 379 g/mol. The van der Waals surface area contributed by atoms with Gasteiger partial charge < -0.3 is 4.74 Å². The fourth-order valence-electron chi connectivity index (χ4n) is 5.43. The smallest absolute Gasteiger partial charge is 0.0691 e. The lowest BCUT2D eigenvalue weighted by atomic mass is 9.67. The largest absolute Gasteiger partial charge is 0.375 e. The van der Waals surface area contributed by atoms with Crippen LogP contribution in [0.1, 0.15) is 80.3 Å². The molecule has 4 rings (SSSR count). The van der Waals surface area contributed by atoms with Crippen molar-refractivity contribution < 1.29 is 4.74 Å². The summed E-state index contributed by atoms with van der Waals surface area (Å²) in [5, 5.41) is 0. The van der Waals surface area contributed by atoms with Crippen LogP contribution in [0.15, 0.2) is 36.7 Å². The topological polar surface area (TPSA) is 35.0 Å². The van der Waals surface area contributed by atoms with Gasteiger partial charge >= 0.3 is 0 Å². The number of unbranched alkanes of at least 4 members (excludes halogenated alkanes) is 1. The van der Waals surface area contributed by atoms with E-state index >= 15 is 0 Å². The Kier molecular flexibility index (Phi) is 5.82. The highest BCUT2D eigenvalue weighted by Gasteiger charge is 2.48. The van der Waals surface area contributed by atoms with Gasteiger partial charge in [-0.25, -0.2) is 0 Å². The first-order valence-electron chi connectivity index (χ1n) is 11.1. The van der Waals surface area contributed by atoms with E-state index in [-0.39, 0.29) is 11.0 Å². The van der Waals surface area contributed by atoms with Crippen molar-refractivity contribution in [2.24, 2.45) is 0 Å². The highest BCUT2D eigenvalue weighted by atomic mass is 16.5. The Bertz CT molecular complexity index is 782. The molecule has 1 saturated heterocycles. The van der Waals surface area contributed by atoms with E-state index in [0.717, 1.165) is 31.6 Å². The molecule has 1 atom stereocenters. The minimum atomic E-state index is 0.119. The van der Waals surface area contributed by atoms with Gasteiger partial charge in [0.05, 0.1) is 5.60 Å². The molecule has 28 heavy (non-hydrogen) atoms. The van der Waals surface area contributed by atoms with Crippen molar-refractivity contribution in [3.05, 3.63) is 59.2 Å². The molecule has 150 valence electrons. The predicted octanol–water partition coefficient (Wildman–Crippen LogP) is 5.87. The number of nitrogens with zero attached hydrogens (tertiary/aromatic N) is 2. The third-order valence-electron chi connectivity index (χ3n) is 7.14. The molecule has 0 bridgehead atoms. The zero-order valence-electron chi connectivity index (χ0n) is 17.5. The number of ether oxygens (including phenoxy) is 1. The third kappa shape index (κ3) is 4.15. The van der Waals surface area contributed by atoms with Gasteiger partial charge in [0.1, 0.15) is 0 Å². The van der Waals surface area contributed by atoms with Crippen molar-refractivity contribution in [3.63, 3.8) is 0 Å². The number of pyridine rings is 2. The van der Waals surface area contributed by atoms with E-state index < -0.39 is 0 Å². The molecular weight excluding hydrogens is 344 g/mol. The van der Waals surface area contributed by atoms with E-state index in [4.69, 9.17) is 9.72 Å². The highest BCUT2D eigenvalue weighted by Crippen LogP contribution is 2.50. The Hall–Kier alpha value is -1.74. The Balaban J connectivity index is 1.45. The van der Waals surface area contributed by atoms with Gasteiger partial charge in [-0.2, -0.15) is 0 Å². The molecule has 2 aromatic heterocycles. The molecule has 1 saturated carbocycles. The zero-order chi connectivity index (χ0) is 19.5. The first kappa shape index (κ1) is 19.6. The molecule has 0 N–H and O–H groups in total. The Labute approximate surface area is 170 Å². The molecular formula is C25H34N2O. The van der Waals surface area contributed by atoms with E-state index in [9.17, 15) is 0 Å². The molecule has 3 nitrogen and oxygen atoms in total. The summed E-state index contributed by atoms with van der Waals surface area (Å²) in [5.41, 5.74) is 5.41. The van der Waals surface area contributed by atoms with Crippen LogP contribution in [0, 0.1) is 13.8 Å². The summed E-state index contributed by atoms with van der Waals surface area (Å²) in [4.78, 5) is 9.35. The van der Waals surface area contributed by atoms with Gasteiger partial charge in [-0.05, 0) is 82.1 Å². The lowest BCUT2D eigenvalue weighted by molar-refractivity contribution is -0.104. The molecule has 2 aliphatic rings. The molecule has 1 aliphatic heterocycles. The molecule has 0 unspecified atom stereocenters. The van der Waals surface area contributed by atoms with Crippen LogP contribution >= 0.6 is 0 Å². The minimum absolute atomic E-state index is 0.119. The minimum Gasteiger partial charge on any atom is -0.375 e. The van der Waals surface area contributed by atoms with Crippen molar-refractivity contribution in [1.82, 2.24) is 9.97 Å². The van der Waals surface area contributed by atoms with Crippen molar-refractivity contribution in [2.45, 2.75) is 89.1 Å². The van der Waals surface area contributed by atoms with Gasteiger partial charge in [0.15, 0.2) is 0 Å². The molecule has 3 heteroatoms. The Morgan fingerprint density at radius 3 is 2.64 bits per heavy atom. The van der Waals surface area contributed by atoms with Gasteiger partial charge in [-0.15, -0.1) is 0 Å². The second-order valence-electron chi connectivity index (χ2n) is 9.11. The van der Waals surface area contributed by atoms with Crippen LogP contribution in [-0.2, 0) is 16.6 Å². The standard InChI is InChI=1S/C25H34N2O/c1-20-17-22(18-27-21(20)2)9-3-5-11-24(23-10-4-8-15-26-23)14-16-28-25(19-24)12-6-7-13-25/h4,8,10,15,17-18H,3,5-7,9,11-14,16,19H2,1-2H3/t24-/m1/s1. The maximum atomic E-state index is 6.37. The fourth-order valence-corrected chi connectivity index (χ4v) is 5.43. The van der Waals surface area contributed by atoms with Crippen LogP contribution in [-0.4, -0.2) is 22.2 Å². The lowest BCUT2D eigenvalue weighted by Crippen LogP contribution is -2.46. The molecule has 1 aliphatic carbocycles. The zero-order valence-corrected chi connectivity index (χ0v) is 17.5. The van der Waals surface area contributed by atoms with Gasteiger partial charge in [0.25, 0.3) is 0 Å². The van der Waals surface area contributed by atoms with Crippen molar-refractivity contribution >= 4 is 0 Å². The van der Waals surface area contributed by atoms with Crippen LogP contribution < -0.4 is 0 Å². The van der Waals surface area contributed by atoms with Gasteiger partial charge in [0.2, 0.25) is 0 Å². The number of rotatable bonds is 6. The summed E-state index contributed by atoms with van der Waals surface area (Å²) in [7, 11) is 0. The van der Waals surface area contributed by atoms with Crippen LogP contribution in [0.5, 0.6) is 0 Å². The molecule has 1 spiro atoms. The number of aryl methyl sites for hydroxylation is 3. The van der Waals surface area contributed by atoms with E-state index in [0.29, 0.717) is 0 Å². The van der Waals surface area contributed by atoms with E-state index in [2.05, 4.69) is 43.2 Å². The van der Waals surface area contributed by atoms with Crippen LogP contribution in [0.4, 0.5) is 0 Å². The van der Waals surface area contributed by atoms with Gasteiger partial charge in [0, 0.05) is 35.8 Å². The molecule has 3 heterocycles. The first-order valence-corrected chi connectivity index (χ1v) is 11.1. The van der Waals surface area contributed by atoms with Crippen molar-refractivity contribution in [1.29, 1.82) is 0 Å². The summed E-state index contributed by atoms with van der Waals surface area (Å²) in [6.07, 6.45) is 16.2. The van der Waals surface area contributed by atoms with Crippen molar-refractivity contribution in [3.8, 4) is 0 Å². The second-order valence-corrected chi connectivity index (χ2v) is 9.11. The maximum Gasteiger partial charge on any atom is 0.0691 e. The summed E-state index contributed by atoms with van der Waals surface area (Å²) in [6.45, 7) is 5.13. The molecule has 2 aromatic rings. The fraction of sp³-hybridized carbons (Fsp3) is 0.600. The summed E-state index contributed by atoms with van der Waals surface area (Å²) in [5.74, 6) is 0. The SMILES string of the molecule is Cc1cc(CCCC[C@@]2(c3ccccn3)CCOC3(CCCC3)C2)cnc1C. The average Bonchev–Trinajstić information content (AvgIpc) is 3.16. The maximum absolute atomic E-state index is 6.37. The molecule has 0 aromatic carbocycles. The normalized spacial score (nSPS) is 23.9. The third-order valence-corrected chi connectivity index (χ3v) is 7.14. The van der Waals surface area contributed by atoms with E-state index in [1.165, 1.54) is 61.8 Å². The summed E-state index contributed by atoms with van der Waals surface area (Å²) in [6, 6.07) is 8.75. The quantitative estimate of drug-likeness (QED) is 0.590. The van der Waals surface area contributed by atoms with E-state index in [1.54, 1.807) is 0 Å². The van der Waals surface area contributed by atoms with E-state index in [1.807, 2.05) is 12.3 Å². The Morgan fingerprint density at radius 1 is 1.04 bits per heavy atom. The Morgan fingerprint density at radius 2 is 1.89 bits per heavy atom. The molecule has 0 radical (unpaired) electrons. The molecule has 0 amide bonds. The first-order chi connectivity index (χ1) is 13.6. The lowest BCUT2D eigenvalue weighted by Gasteiger charge is -2.46. The van der Waals surface area contributed by atoms with Gasteiger partial charge in [-0.1, -0.05) is 31.4 Å². The number of hydrogen-bond acceptors (Lipinski definition) is 3. The summed E-state index contributed by atoms with van der Waals surface area (Å²) < 4.78 is 6.37. The second kappa shape index (κ2) is 8.32. The van der Waals surface area contributed by atoms with Crippen LogP contribution in [0.25, 0.3) is 0 Å².